The number of carbonyl (C=O) groups is 3. The molecule has 0 saturated heterocycles. The SMILES string of the molecule is [2H]CC(C)(C)OC(=O)N[C@@H](CCC(=O)OC(C)(C)C)C(=O)OC(C)(C)C. The molecule has 7 nitrogen and oxygen atoms in total. The van der Waals surface area contributed by atoms with E-state index in [-0.39, 0.29) is 19.7 Å². The van der Waals surface area contributed by atoms with Crippen LogP contribution in [0, 0.1) is 0 Å². The summed E-state index contributed by atoms with van der Waals surface area (Å²) in [6.45, 7) is 13.4. The Morgan fingerprint density at radius 3 is 1.84 bits per heavy atom. The summed E-state index contributed by atoms with van der Waals surface area (Å²) >= 11 is 0. The Balaban J connectivity index is 4.98. The van der Waals surface area contributed by atoms with Crippen LogP contribution in [0.2, 0.25) is 0 Å². The largest absolute Gasteiger partial charge is 0.460 e. The van der Waals surface area contributed by atoms with E-state index < -0.39 is 40.9 Å². The van der Waals surface area contributed by atoms with Gasteiger partial charge in [0.2, 0.25) is 0 Å². The van der Waals surface area contributed by atoms with Crippen molar-refractivity contribution in [3.8, 4) is 0 Å². The fraction of sp³-hybridized carbons (Fsp3) is 0.833. The van der Waals surface area contributed by atoms with Gasteiger partial charge in [-0.3, -0.25) is 4.79 Å². The Morgan fingerprint density at radius 1 is 0.880 bits per heavy atom. The van der Waals surface area contributed by atoms with Crippen molar-refractivity contribution in [3.05, 3.63) is 0 Å². The minimum Gasteiger partial charge on any atom is -0.460 e. The van der Waals surface area contributed by atoms with Crippen molar-refractivity contribution in [2.45, 2.75) is 98.0 Å². The molecule has 0 aromatic rings. The molecule has 0 aromatic carbocycles. The predicted octanol–water partition coefficient (Wildman–Crippen LogP) is 3.34. The quantitative estimate of drug-likeness (QED) is 0.597. The Bertz CT molecular complexity index is 505. The molecule has 0 aromatic heterocycles. The summed E-state index contributed by atoms with van der Waals surface area (Å²) in [5.74, 6) is -1.14. The molecule has 1 N–H and O–H groups in total. The highest BCUT2D eigenvalue weighted by Crippen LogP contribution is 2.14. The van der Waals surface area contributed by atoms with Crippen LogP contribution in [0.15, 0.2) is 0 Å². The monoisotopic (exact) mass is 360 g/mol. The van der Waals surface area contributed by atoms with Crippen molar-refractivity contribution >= 4 is 18.0 Å². The summed E-state index contributed by atoms with van der Waals surface area (Å²) in [6.07, 6.45) is -0.897. The molecule has 0 radical (unpaired) electrons. The van der Waals surface area contributed by atoms with Gasteiger partial charge in [0.15, 0.2) is 0 Å². The molecule has 0 aliphatic rings. The van der Waals surface area contributed by atoms with Gasteiger partial charge in [-0.25, -0.2) is 9.59 Å². The van der Waals surface area contributed by atoms with E-state index >= 15 is 0 Å². The first-order valence-electron chi connectivity index (χ1n) is 8.99. The average Bonchev–Trinajstić information content (AvgIpc) is 2.38. The first-order chi connectivity index (χ1) is 11.5. The maximum atomic E-state index is 12.3. The number of alkyl carbamates (subject to hydrolysis) is 1. The topological polar surface area (TPSA) is 90.9 Å². The minimum absolute atomic E-state index is 0.0141. The molecule has 146 valence electrons. The minimum atomic E-state index is -1.06. The van der Waals surface area contributed by atoms with Gasteiger partial charge in [0.1, 0.15) is 22.8 Å². The fourth-order valence-electron chi connectivity index (χ4n) is 1.70. The van der Waals surface area contributed by atoms with E-state index in [1.165, 1.54) is 0 Å². The van der Waals surface area contributed by atoms with Crippen molar-refractivity contribution in [3.63, 3.8) is 0 Å². The number of ether oxygens (including phenoxy) is 3. The van der Waals surface area contributed by atoms with Crippen LogP contribution in [0.5, 0.6) is 0 Å². The lowest BCUT2D eigenvalue weighted by Crippen LogP contribution is -2.46. The van der Waals surface area contributed by atoms with Gasteiger partial charge in [-0.05, 0) is 68.7 Å². The number of hydrogen-bond acceptors (Lipinski definition) is 6. The van der Waals surface area contributed by atoms with Crippen molar-refractivity contribution < 1.29 is 30.0 Å². The van der Waals surface area contributed by atoms with Crippen LogP contribution in [-0.4, -0.2) is 40.9 Å². The van der Waals surface area contributed by atoms with E-state index in [0.29, 0.717) is 0 Å². The number of hydrogen-bond donors (Lipinski definition) is 1. The van der Waals surface area contributed by atoms with Gasteiger partial charge >= 0.3 is 18.0 Å². The normalized spacial score (nSPS) is 14.2. The van der Waals surface area contributed by atoms with Gasteiger partial charge in [0.05, 0.1) is 0 Å². The van der Waals surface area contributed by atoms with Crippen LogP contribution in [0.25, 0.3) is 0 Å². The molecule has 0 rings (SSSR count). The summed E-state index contributed by atoms with van der Waals surface area (Å²) in [6, 6.07) is -1.06. The summed E-state index contributed by atoms with van der Waals surface area (Å²) in [7, 11) is 0. The van der Waals surface area contributed by atoms with Gasteiger partial charge < -0.3 is 19.5 Å². The number of esters is 2. The second-order valence-electron chi connectivity index (χ2n) is 8.50. The number of rotatable bonds is 5. The van der Waals surface area contributed by atoms with Crippen LogP contribution in [0.4, 0.5) is 4.79 Å². The average molecular weight is 360 g/mol. The van der Waals surface area contributed by atoms with Crippen molar-refractivity contribution in [2.75, 3.05) is 0 Å². The molecule has 0 saturated carbocycles. The molecule has 7 heteroatoms. The van der Waals surface area contributed by atoms with Crippen LogP contribution in [0.3, 0.4) is 0 Å². The second kappa shape index (κ2) is 8.54. The maximum absolute atomic E-state index is 12.3. The number of carbonyl (C=O) groups excluding carboxylic acids is 3. The third-order valence-electron chi connectivity index (χ3n) is 2.41. The Kier molecular flexibility index (Phi) is 7.26. The molecule has 0 heterocycles. The summed E-state index contributed by atoms with van der Waals surface area (Å²) < 4.78 is 23.0. The molecule has 0 fully saturated rings. The standard InChI is InChI=1S/C18H33NO6/c1-16(2,3)23-13(20)11-10-12(14(21)24-17(4,5)6)19-15(22)25-18(7,8)9/h12H,10-11H2,1-9H3,(H,19,22)/t12-/m0/s1/i7D. The van der Waals surface area contributed by atoms with E-state index in [2.05, 4.69) is 5.32 Å². The lowest BCUT2D eigenvalue weighted by atomic mass is 10.1. The second-order valence-corrected chi connectivity index (χ2v) is 8.50. The van der Waals surface area contributed by atoms with Crippen molar-refractivity contribution in [1.82, 2.24) is 5.32 Å². The number of amides is 1. The molecular formula is C18H33NO6. The van der Waals surface area contributed by atoms with Gasteiger partial charge in [-0.15, -0.1) is 0 Å². The zero-order valence-corrected chi connectivity index (χ0v) is 16.6. The molecule has 25 heavy (non-hydrogen) atoms. The van der Waals surface area contributed by atoms with Crippen LogP contribution in [0.1, 0.15) is 76.5 Å². The van der Waals surface area contributed by atoms with Gasteiger partial charge in [0, 0.05) is 7.79 Å². The highest BCUT2D eigenvalue weighted by molar-refractivity contribution is 5.82. The van der Waals surface area contributed by atoms with Crippen LogP contribution >= 0.6 is 0 Å². The van der Waals surface area contributed by atoms with Crippen molar-refractivity contribution in [1.29, 1.82) is 0 Å². The summed E-state index contributed by atoms with van der Waals surface area (Å²) in [5.41, 5.74) is -2.37. The Labute approximate surface area is 152 Å². The molecule has 0 aliphatic carbocycles. The van der Waals surface area contributed by atoms with E-state index in [9.17, 15) is 14.4 Å². The molecule has 1 atom stereocenters. The van der Waals surface area contributed by atoms with Gasteiger partial charge in [-0.2, -0.15) is 0 Å². The molecule has 0 unspecified atom stereocenters. The number of nitrogens with one attached hydrogen (secondary N) is 1. The van der Waals surface area contributed by atoms with Gasteiger partial charge in [0.25, 0.3) is 0 Å². The molecular weight excluding hydrogens is 326 g/mol. The molecule has 0 spiro atoms. The zero-order valence-electron chi connectivity index (χ0n) is 17.6. The lowest BCUT2D eigenvalue weighted by Gasteiger charge is -2.26. The Morgan fingerprint density at radius 2 is 1.40 bits per heavy atom. The van der Waals surface area contributed by atoms with E-state index in [4.69, 9.17) is 15.6 Å². The smallest absolute Gasteiger partial charge is 0.408 e. The third-order valence-corrected chi connectivity index (χ3v) is 2.41. The highest BCUT2D eigenvalue weighted by Gasteiger charge is 2.29. The first kappa shape index (κ1) is 21.3. The third kappa shape index (κ3) is 13.2. The fourth-order valence-corrected chi connectivity index (χ4v) is 1.70. The van der Waals surface area contributed by atoms with Gasteiger partial charge in [-0.1, -0.05) is 0 Å². The lowest BCUT2D eigenvalue weighted by molar-refractivity contribution is -0.158. The predicted molar refractivity (Wildman–Crippen MR) is 94.1 cm³/mol. The first-order valence-corrected chi connectivity index (χ1v) is 8.28. The van der Waals surface area contributed by atoms with Crippen molar-refractivity contribution in [2.24, 2.45) is 0 Å². The summed E-state index contributed by atoms with van der Waals surface area (Å²) in [5, 5.41) is 2.42. The highest BCUT2D eigenvalue weighted by atomic mass is 16.6. The van der Waals surface area contributed by atoms with Crippen LogP contribution < -0.4 is 5.32 Å². The van der Waals surface area contributed by atoms with E-state index in [1.807, 2.05) is 0 Å². The van der Waals surface area contributed by atoms with E-state index in [1.54, 1.807) is 55.4 Å². The molecule has 0 aliphatic heterocycles. The maximum Gasteiger partial charge on any atom is 0.408 e. The molecule has 0 bridgehead atoms. The Hall–Kier alpha value is -1.79. The van der Waals surface area contributed by atoms with E-state index in [0.717, 1.165) is 0 Å². The molecule has 1 amide bonds. The summed E-state index contributed by atoms with van der Waals surface area (Å²) in [4.78, 5) is 36.3. The van der Waals surface area contributed by atoms with Crippen LogP contribution in [-0.2, 0) is 23.8 Å². The zero-order chi connectivity index (χ0) is 20.8.